The summed E-state index contributed by atoms with van der Waals surface area (Å²) in [4.78, 5) is 24.4. The number of hydrogen-bond donors (Lipinski definition) is 0. The molecule has 0 atom stereocenters. The highest BCUT2D eigenvalue weighted by atomic mass is 16.5. The molecule has 0 bridgehead atoms. The van der Waals surface area contributed by atoms with Crippen molar-refractivity contribution >= 4 is 27.7 Å². The predicted molar refractivity (Wildman–Crippen MR) is 110 cm³/mol. The zero-order valence-corrected chi connectivity index (χ0v) is 15.8. The van der Waals surface area contributed by atoms with Gasteiger partial charge >= 0.3 is 11.6 Å². The second kappa shape index (κ2) is 7.31. The molecule has 4 heteroatoms. The molecular weight excluding hydrogens is 352 g/mol. The van der Waals surface area contributed by atoms with Crippen LogP contribution in [0.2, 0.25) is 0 Å². The molecule has 0 aliphatic carbocycles. The van der Waals surface area contributed by atoms with Crippen LogP contribution in [0.1, 0.15) is 41.3 Å². The van der Waals surface area contributed by atoms with Crippen LogP contribution < -0.4 is 5.63 Å². The summed E-state index contributed by atoms with van der Waals surface area (Å²) >= 11 is 0. The van der Waals surface area contributed by atoms with E-state index >= 15 is 0 Å². The molecule has 4 aromatic rings. The first-order valence-electron chi connectivity index (χ1n) is 9.24. The van der Waals surface area contributed by atoms with Gasteiger partial charge in [0.2, 0.25) is 0 Å². The largest absolute Gasteiger partial charge is 0.457 e. The minimum absolute atomic E-state index is 0.000866. The molecule has 1 aromatic heterocycles. The van der Waals surface area contributed by atoms with Gasteiger partial charge in [-0.25, -0.2) is 9.59 Å². The van der Waals surface area contributed by atoms with Crippen LogP contribution in [0, 0.1) is 0 Å². The molecule has 28 heavy (non-hydrogen) atoms. The number of carbonyl (C=O) groups is 1. The number of esters is 1. The molecule has 0 radical (unpaired) electrons. The van der Waals surface area contributed by atoms with E-state index in [0.717, 1.165) is 21.7 Å². The first kappa shape index (κ1) is 18.0. The number of benzene rings is 3. The van der Waals surface area contributed by atoms with Gasteiger partial charge in [-0.05, 0) is 40.5 Å². The van der Waals surface area contributed by atoms with Crippen molar-refractivity contribution in [2.24, 2.45) is 0 Å². The van der Waals surface area contributed by atoms with E-state index in [4.69, 9.17) is 9.15 Å². The van der Waals surface area contributed by atoms with Crippen LogP contribution in [0.15, 0.2) is 75.9 Å². The lowest BCUT2D eigenvalue weighted by atomic mass is 10.0. The predicted octanol–water partition coefficient (Wildman–Crippen LogP) is 5.43. The molecule has 1 heterocycles. The fraction of sp³-hybridized carbons (Fsp3) is 0.167. The lowest BCUT2D eigenvalue weighted by molar-refractivity contribution is 0.0474. The Bertz CT molecular complexity index is 1220. The first-order chi connectivity index (χ1) is 13.5. The maximum atomic E-state index is 12.5. The molecule has 0 unspecified atom stereocenters. The Labute approximate surface area is 162 Å². The first-order valence-corrected chi connectivity index (χ1v) is 9.24. The molecule has 0 amide bonds. The number of rotatable bonds is 4. The quantitative estimate of drug-likeness (QED) is 0.272. The molecule has 0 aliphatic rings. The summed E-state index contributed by atoms with van der Waals surface area (Å²) in [6.07, 6.45) is 0. The van der Waals surface area contributed by atoms with E-state index in [0.29, 0.717) is 22.6 Å². The third-order valence-electron chi connectivity index (χ3n) is 4.89. The molecule has 4 rings (SSSR count). The Kier molecular flexibility index (Phi) is 4.70. The van der Waals surface area contributed by atoms with Crippen LogP contribution in [0.3, 0.4) is 0 Å². The average molecular weight is 372 g/mol. The summed E-state index contributed by atoms with van der Waals surface area (Å²) in [5, 5.41) is 2.78. The summed E-state index contributed by atoms with van der Waals surface area (Å²) in [7, 11) is 0. The van der Waals surface area contributed by atoms with Gasteiger partial charge in [-0.15, -0.1) is 0 Å². The lowest BCUT2D eigenvalue weighted by Gasteiger charge is -2.10. The Morgan fingerprint density at radius 1 is 1.00 bits per heavy atom. The van der Waals surface area contributed by atoms with Crippen molar-refractivity contribution in [1.82, 2.24) is 0 Å². The fourth-order valence-corrected chi connectivity index (χ4v) is 3.36. The van der Waals surface area contributed by atoms with E-state index in [1.807, 2.05) is 42.5 Å². The summed E-state index contributed by atoms with van der Waals surface area (Å²) in [5.74, 6) is -0.0230. The van der Waals surface area contributed by atoms with Crippen molar-refractivity contribution < 1.29 is 13.9 Å². The molecule has 0 saturated carbocycles. The standard InChI is InChI=1S/C24H20O4/c1-15(2)16-7-9-18(10-8-16)24(26)27-14-19-13-22(25)28-21-12-11-17-5-3-4-6-20(17)23(19)21/h3-13,15H,14H2,1-2H3. The molecule has 0 N–H and O–H groups in total. The maximum absolute atomic E-state index is 12.5. The topological polar surface area (TPSA) is 56.5 Å². The average Bonchev–Trinajstić information content (AvgIpc) is 2.71. The van der Waals surface area contributed by atoms with E-state index in [1.165, 1.54) is 6.07 Å². The summed E-state index contributed by atoms with van der Waals surface area (Å²) in [6.45, 7) is 4.20. The van der Waals surface area contributed by atoms with Crippen molar-refractivity contribution in [2.45, 2.75) is 26.4 Å². The van der Waals surface area contributed by atoms with Crippen molar-refractivity contribution in [3.8, 4) is 0 Å². The van der Waals surface area contributed by atoms with Crippen molar-refractivity contribution in [1.29, 1.82) is 0 Å². The van der Waals surface area contributed by atoms with Crippen LogP contribution in [-0.2, 0) is 11.3 Å². The van der Waals surface area contributed by atoms with E-state index in [1.54, 1.807) is 18.2 Å². The second-order valence-electron chi connectivity index (χ2n) is 7.10. The Balaban J connectivity index is 1.67. The number of fused-ring (bicyclic) bond motifs is 3. The minimum Gasteiger partial charge on any atom is -0.457 e. The molecule has 0 fully saturated rings. The molecule has 0 aliphatic heterocycles. The zero-order chi connectivity index (χ0) is 19.7. The monoisotopic (exact) mass is 372 g/mol. The molecule has 140 valence electrons. The molecule has 3 aromatic carbocycles. The van der Waals surface area contributed by atoms with Crippen LogP contribution in [-0.4, -0.2) is 5.97 Å². The van der Waals surface area contributed by atoms with Gasteiger partial charge in [-0.3, -0.25) is 0 Å². The van der Waals surface area contributed by atoms with Crippen molar-refractivity contribution in [3.05, 3.63) is 93.8 Å². The van der Waals surface area contributed by atoms with E-state index in [9.17, 15) is 9.59 Å². The third-order valence-corrected chi connectivity index (χ3v) is 4.89. The van der Waals surface area contributed by atoms with E-state index < -0.39 is 11.6 Å². The van der Waals surface area contributed by atoms with Crippen LogP contribution in [0.5, 0.6) is 0 Å². The smallest absolute Gasteiger partial charge is 0.338 e. The van der Waals surface area contributed by atoms with Gasteiger partial charge in [0.1, 0.15) is 12.2 Å². The number of carbonyl (C=O) groups excluding carboxylic acids is 1. The second-order valence-corrected chi connectivity index (χ2v) is 7.10. The highest BCUT2D eigenvalue weighted by Crippen LogP contribution is 2.28. The van der Waals surface area contributed by atoms with Gasteiger partial charge in [-0.1, -0.05) is 56.3 Å². The molecular formula is C24H20O4. The highest BCUT2D eigenvalue weighted by Gasteiger charge is 2.13. The van der Waals surface area contributed by atoms with Crippen molar-refractivity contribution in [2.75, 3.05) is 0 Å². The van der Waals surface area contributed by atoms with Gasteiger partial charge in [0.05, 0.1) is 5.56 Å². The van der Waals surface area contributed by atoms with Gasteiger partial charge in [0, 0.05) is 17.0 Å². The molecule has 0 saturated heterocycles. The van der Waals surface area contributed by atoms with Gasteiger partial charge in [-0.2, -0.15) is 0 Å². The van der Waals surface area contributed by atoms with Gasteiger partial charge < -0.3 is 9.15 Å². The van der Waals surface area contributed by atoms with Crippen LogP contribution in [0.25, 0.3) is 21.7 Å². The SMILES string of the molecule is CC(C)c1ccc(C(=O)OCc2cc(=O)oc3ccc4ccccc4c23)cc1. The van der Waals surface area contributed by atoms with Crippen molar-refractivity contribution in [3.63, 3.8) is 0 Å². The zero-order valence-electron chi connectivity index (χ0n) is 15.8. The third kappa shape index (κ3) is 3.41. The lowest BCUT2D eigenvalue weighted by Crippen LogP contribution is -2.08. The Morgan fingerprint density at radius 2 is 1.75 bits per heavy atom. The Hall–Kier alpha value is -3.40. The molecule has 0 spiro atoms. The summed E-state index contributed by atoms with van der Waals surface area (Å²) < 4.78 is 10.8. The summed E-state index contributed by atoms with van der Waals surface area (Å²) in [5.41, 5.74) is 2.31. The van der Waals surface area contributed by atoms with Crippen LogP contribution >= 0.6 is 0 Å². The number of ether oxygens (including phenoxy) is 1. The Morgan fingerprint density at radius 3 is 2.50 bits per heavy atom. The summed E-state index contributed by atoms with van der Waals surface area (Å²) in [6, 6.07) is 20.3. The number of hydrogen-bond acceptors (Lipinski definition) is 4. The molecule has 4 nitrogen and oxygen atoms in total. The van der Waals surface area contributed by atoms with E-state index in [-0.39, 0.29) is 6.61 Å². The van der Waals surface area contributed by atoms with Gasteiger partial charge in [0.25, 0.3) is 0 Å². The fourth-order valence-electron chi connectivity index (χ4n) is 3.36. The van der Waals surface area contributed by atoms with Crippen LogP contribution in [0.4, 0.5) is 0 Å². The normalized spacial score (nSPS) is 11.2. The maximum Gasteiger partial charge on any atom is 0.338 e. The highest BCUT2D eigenvalue weighted by molar-refractivity contribution is 6.07. The van der Waals surface area contributed by atoms with E-state index in [2.05, 4.69) is 13.8 Å². The van der Waals surface area contributed by atoms with Gasteiger partial charge in [0.15, 0.2) is 0 Å². The minimum atomic E-state index is -0.463.